The molecular formula is C16H23N3OS. The van der Waals surface area contributed by atoms with Gasteiger partial charge in [-0.2, -0.15) is 0 Å². The zero-order valence-corrected chi connectivity index (χ0v) is 14.1. The minimum absolute atomic E-state index is 0.0677. The Morgan fingerprint density at radius 1 is 1.24 bits per heavy atom. The third kappa shape index (κ3) is 5.10. The molecule has 0 fully saturated rings. The van der Waals surface area contributed by atoms with E-state index in [4.69, 9.17) is 4.74 Å². The number of nitrogens with one attached hydrogen (secondary N) is 1. The normalized spacial score (nSPS) is 11.9. The van der Waals surface area contributed by atoms with Crippen LogP contribution in [0.2, 0.25) is 0 Å². The van der Waals surface area contributed by atoms with Gasteiger partial charge < -0.3 is 10.1 Å². The fourth-order valence-corrected chi connectivity index (χ4v) is 2.38. The van der Waals surface area contributed by atoms with Crippen molar-refractivity contribution in [2.24, 2.45) is 0 Å². The Labute approximate surface area is 130 Å². The minimum atomic E-state index is 0.0677. The van der Waals surface area contributed by atoms with Crippen molar-refractivity contribution in [1.82, 2.24) is 15.5 Å². The van der Waals surface area contributed by atoms with Crippen LogP contribution in [0.15, 0.2) is 24.3 Å². The third-order valence-electron chi connectivity index (χ3n) is 2.95. The van der Waals surface area contributed by atoms with Crippen LogP contribution >= 0.6 is 11.3 Å². The molecule has 1 aromatic heterocycles. The monoisotopic (exact) mass is 305 g/mol. The van der Waals surface area contributed by atoms with E-state index in [2.05, 4.69) is 62.3 Å². The summed E-state index contributed by atoms with van der Waals surface area (Å²) >= 11 is 1.48. The summed E-state index contributed by atoms with van der Waals surface area (Å²) in [6.07, 6.45) is 0. The summed E-state index contributed by atoms with van der Waals surface area (Å²) in [5.74, 6) is 1.29. The van der Waals surface area contributed by atoms with Crippen molar-refractivity contribution in [3.63, 3.8) is 0 Å². The number of benzene rings is 1. The Morgan fingerprint density at radius 3 is 2.67 bits per heavy atom. The predicted octanol–water partition coefficient (Wildman–Crippen LogP) is 4.34. The van der Waals surface area contributed by atoms with Crippen LogP contribution in [0.5, 0.6) is 10.9 Å². The lowest BCUT2D eigenvalue weighted by Crippen LogP contribution is -2.35. The van der Waals surface area contributed by atoms with Gasteiger partial charge in [0.05, 0.1) is 6.54 Å². The Bertz CT molecular complexity index is 587. The first-order valence-corrected chi connectivity index (χ1v) is 8.00. The zero-order valence-electron chi connectivity index (χ0n) is 13.3. The maximum Gasteiger partial charge on any atom is 0.299 e. The second-order valence-electron chi connectivity index (χ2n) is 6.39. The van der Waals surface area contributed by atoms with Gasteiger partial charge in [0.25, 0.3) is 5.19 Å². The molecule has 5 heteroatoms. The van der Waals surface area contributed by atoms with E-state index >= 15 is 0 Å². The minimum Gasteiger partial charge on any atom is -0.430 e. The standard InChI is InChI=1S/C16H23N3OS/c1-11(2)12-7-6-8-13(9-12)20-15-19-18-14(21-15)10-17-16(3,4)5/h6-9,11,17H,10H2,1-5H3. The van der Waals surface area contributed by atoms with Crippen molar-refractivity contribution in [3.05, 3.63) is 34.8 Å². The van der Waals surface area contributed by atoms with Crippen molar-refractivity contribution >= 4 is 11.3 Å². The zero-order chi connectivity index (χ0) is 15.5. The SMILES string of the molecule is CC(C)c1cccc(Oc2nnc(CNC(C)(C)C)s2)c1. The highest BCUT2D eigenvalue weighted by Gasteiger charge is 2.12. The summed E-state index contributed by atoms with van der Waals surface area (Å²) < 4.78 is 5.80. The van der Waals surface area contributed by atoms with E-state index in [-0.39, 0.29) is 5.54 Å². The van der Waals surface area contributed by atoms with Crippen LogP contribution in [0, 0.1) is 0 Å². The molecule has 0 unspecified atom stereocenters. The van der Waals surface area contributed by atoms with Gasteiger partial charge in [-0.3, -0.25) is 0 Å². The number of hydrogen-bond acceptors (Lipinski definition) is 5. The molecule has 0 aliphatic rings. The lowest BCUT2D eigenvalue weighted by molar-refractivity contribution is 0.423. The molecule has 0 amide bonds. The maximum absolute atomic E-state index is 5.80. The van der Waals surface area contributed by atoms with Gasteiger partial charge >= 0.3 is 0 Å². The first-order valence-electron chi connectivity index (χ1n) is 7.19. The van der Waals surface area contributed by atoms with E-state index in [9.17, 15) is 0 Å². The second-order valence-corrected chi connectivity index (χ2v) is 7.42. The van der Waals surface area contributed by atoms with Crippen molar-refractivity contribution in [2.45, 2.75) is 52.6 Å². The molecule has 0 bridgehead atoms. The number of hydrogen-bond donors (Lipinski definition) is 1. The van der Waals surface area contributed by atoms with Gasteiger partial charge in [0.15, 0.2) is 0 Å². The van der Waals surface area contributed by atoms with Crippen LogP contribution in [-0.4, -0.2) is 15.7 Å². The van der Waals surface area contributed by atoms with E-state index in [1.807, 2.05) is 12.1 Å². The highest BCUT2D eigenvalue weighted by atomic mass is 32.1. The van der Waals surface area contributed by atoms with Gasteiger partial charge in [-0.05, 0) is 44.4 Å². The summed E-state index contributed by atoms with van der Waals surface area (Å²) in [6, 6.07) is 8.11. The molecular weight excluding hydrogens is 282 g/mol. The summed E-state index contributed by atoms with van der Waals surface area (Å²) in [7, 11) is 0. The largest absolute Gasteiger partial charge is 0.430 e. The topological polar surface area (TPSA) is 47.0 Å². The molecule has 0 aliphatic heterocycles. The Morgan fingerprint density at radius 2 is 2.00 bits per heavy atom. The van der Waals surface area contributed by atoms with Crippen LogP contribution in [0.25, 0.3) is 0 Å². The number of rotatable bonds is 5. The number of aromatic nitrogens is 2. The molecule has 0 aliphatic carbocycles. The lowest BCUT2D eigenvalue weighted by Gasteiger charge is -2.19. The average molecular weight is 305 g/mol. The highest BCUT2D eigenvalue weighted by molar-refractivity contribution is 7.13. The van der Waals surface area contributed by atoms with Crippen molar-refractivity contribution in [1.29, 1.82) is 0 Å². The molecule has 0 spiro atoms. The highest BCUT2D eigenvalue weighted by Crippen LogP contribution is 2.27. The Kier molecular flexibility index (Phi) is 4.96. The molecule has 2 rings (SSSR count). The van der Waals surface area contributed by atoms with E-state index < -0.39 is 0 Å². The Balaban J connectivity index is 2.00. The summed E-state index contributed by atoms with van der Waals surface area (Å²) in [4.78, 5) is 0. The van der Waals surface area contributed by atoms with Crippen LogP contribution < -0.4 is 10.1 Å². The third-order valence-corrected chi connectivity index (χ3v) is 3.75. The molecule has 2 aromatic rings. The van der Waals surface area contributed by atoms with Crippen LogP contribution in [-0.2, 0) is 6.54 Å². The first-order chi connectivity index (χ1) is 9.83. The van der Waals surface area contributed by atoms with Crippen LogP contribution in [0.1, 0.15) is 51.1 Å². The first kappa shape index (κ1) is 15.9. The van der Waals surface area contributed by atoms with Crippen molar-refractivity contribution < 1.29 is 4.74 Å². The maximum atomic E-state index is 5.80. The molecule has 1 aromatic carbocycles. The van der Waals surface area contributed by atoms with Crippen molar-refractivity contribution in [2.75, 3.05) is 0 Å². The van der Waals surface area contributed by atoms with Gasteiger partial charge in [0, 0.05) is 5.54 Å². The van der Waals surface area contributed by atoms with E-state index in [0.29, 0.717) is 17.7 Å². The van der Waals surface area contributed by atoms with Gasteiger partial charge in [-0.25, -0.2) is 0 Å². The molecule has 1 N–H and O–H groups in total. The molecule has 114 valence electrons. The molecule has 0 atom stereocenters. The smallest absolute Gasteiger partial charge is 0.299 e. The van der Waals surface area contributed by atoms with E-state index in [1.165, 1.54) is 16.9 Å². The summed E-state index contributed by atoms with van der Waals surface area (Å²) in [6.45, 7) is 11.4. The predicted molar refractivity (Wildman–Crippen MR) is 87.1 cm³/mol. The van der Waals surface area contributed by atoms with Crippen LogP contribution in [0.3, 0.4) is 0 Å². The summed E-state index contributed by atoms with van der Waals surface area (Å²) in [5, 5.41) is 13.2. The van der Waals surface area contributed by atoms with Crippen LogP contribution in [0.4, 0.5) is 0 Å². The lowest BCUT2D eigenvalue weighted by atomic mass is 10.0. The average Bonchev–Trinajstić information content (AvgIpc) is 2.83. The fourth-order valence-electron chi connectivity index (χ4n) is 1.73. The van der Waals surface area contributed by atoms with Gasteiger partial charge in [0.2, 0.25) is 0 Å². The van der Waals surface area contributed by atoms with Gasteiger partial charge in [-0.1, -0.05) is 42.4 Å². The summed E-state index contributed by atoms with van der Waals surface area (Å²) in [5.41, 5.74) is 1.32. The Hall–Kier alpha value is -1.46. The molecule has 0 radical (unpaired) electrons. The quantitative estimate of drug-likeness (QED) is 0.892. The number of ether oxygens (including phenoxy) is 1. The number of nitrogens with zero attached hydrogens (tertiary/aromatic N) is 2. The van der Waals surface area contributed by atoms with E-state index in [1.54, 1.807) is 0 Å². The van der Waals surface area contributed by atoms with E-state index in [0.717, 1.165) is 10.8 Å². The second kappa shape index (κ2) is 6.54. The van der Waals surface area contributed by atoms with Gasteiger partial charge in [0.1, 0.15) is 10.8 Å². The molecule has 4 nitrogen and oxygen atoms in total. The van der Waals surface area contributed by atoms with Gasteiger partial charge in [-0.15, -0.1) is 5.10 Å². The molecule has 1 heterocycles. The fraction of sp³-hybridized carbons (Fsp3) is 0.500. The molecule has 0 saturated heterocycles. The van der Waals surface area contributed by atoms with Crippen molar-refractivity contribution in [3.8, 4) is 10.9 Å². The molecule has 0 saturated carbocycles. The molecule has 21 heavy (non-hydrogen) atoms.